The molecule has 3 aliphatic heterocycles. The normalized spacial score (nSPS) is 21.2. The fourth-order valence-electron chi connectivity index (χ4n) is 5.58. The van der Waals surface area contributed by atoms with Gasteiger partial charge in [-0.2, -0.15) is 0 Å². The molecule has 4 nitrogen and oxygen atoms in total. The van der Waals surface area contributed by atoms with Crippen LogP contribution in [0.15, 0.2) is 94.0 Å². The summed E-state index contributed by atoms with van der Waals surface area (Å²) in [5.74, 6) is 1.56. The number of thioether (sulfide) groups is 1. The maximum atomic E-state index is 6.87. The summed E-state index contributed by atoms with van der Waals surface area (Å²) in [6, 6.07) is 22.2. The van der Waals surface area contributed by atoms with Crippen molar-refractivity contribution >= 4 is 51.9 Å². The molecule has 190 valence electrons. The van der Waals surface area contributed by atoms with Crippen molar-refractivity contribution in [2.75, 3.05) is 13.2 Å². The summed E-state index contributed by atoms with van der Waals surface area (Å²) >= 11 is 15.1. The molecule has 0 amide bonds. The molecule has 0 saturated heterocycles. The Bertz CT molecular complexity index is 1580. The van der Waals surface area contributed by atoms with E-state index < -0.39 is 0 Å². The van der Waals surface area contributed by atoms with Crippen molar-refractivity contribution in [3.8, 4) is 11.5 Å². The lowest BCUT2D eigenvalue weighted by Gasteiger charge is -2.40. The highest BCUT2D eigenvalue weighted by molar-refractivity contribution is 8.16. The van der Waals surface area contributed by atoms with Crippen molar-refractivity contribution in [3.63, 3.8) is 0 Å². The molecule has 1 atom stereocenters. The first-order chi connectivity index (χ1) is 18.7. The number of ether oxygens (including phenoxy) is 2. The van der Waals surface area contributed by atoms with Crippen molar-refractivity contribution in [3.05, 3.63) is 116 Å². The largest absolute Gasteiger partial charge is 0.486 e. The Kier molecular flexibility index (Phi) is 6.23. The van der Waals surface area contributed by atoms with Crippen LogP contribution in [0.4, 0.5) is 0 Å². The van der Waals surface area contributed by atoms with Gasteiger partial charge in [-0.25, -0.2) is 4.99 Å². The van der Waals surface area contributed by atoms with E-state index in [0.717, 1.165) is 74.1 Å². The summed E-state index contributed by atoms with van der Waals surface area (Å²) in [4.78, 5) is 7.61. The minimum Gasteiger partial charge on any atom is -0.486 e. The summed E-state index contributed by atoms with van der Waals surface area (Å²) < 4.78 is 11.7. The van der Waals surface area contributed by atoms with Gasteiger partial charge in [0.2, 0.25) is 0 Å². The number of nitrogens with zero attached hydrogens (tertiary/aromatic N) is 2. The second-order valence-corrected chi connectivity index (χ2v) is 11.2. The van der Waals surface area contributed by atoms with Crippen molar-refractivity contribution in [1.82, 2.24) is 4.90 Å². The fourth-order valence-corrected chi connectivity index (χ4v) is 6.94. The maximum Gasteiger partial charge on any atom is 0.174 e. The van der Waals surface area contributed by atoms with E-state index >= 15 is 0 Å². The minimum absolute atomic E-state index is 0.0596. The molecule has 0 bridgehead atoms. The molecule has 0 aromatic heterocycles. The first-order valence-electron chi connectivity index (χ1n) is 12.7. The molecular formula is C31H24Cl2N2O2S. The molecule has 1 aliphatic carbocycles. The average Bonchev–Trinajstić information content (AvgIpc) is 3.37. The summed E-state index contributed by atoms with van der Waals surface area (Å²) in [6.07, 6.45) is 5.17. The molecule has 3 aromatic rings. The molecule has 7 rings (SSSR count). The zero-order valence-electron chi connectivity index (χ0n) is 20.5. The quantitative estimate of drug-likeness (QED) is 0.321. The third-order valence-corrected chi connectivity index (χ3v) is 8.84. The molecule has 0 radical (unpaired) electrons. The summed E-state index contributed by atoms with van der Waals surface area (Å²) in [5, 5.41) is 4.64. The predicted octanol–water partition coefficient (Wildman–Crippen LogP) is 8.74. The van der Waals surface area contributed by atoms with Gasteiger partial charge in [0.25, 0.3) is 0 Å². The molecular weight excluding hydrogens is 535 g/mol. The van der Waals surface area contributed by atoms with Crippen LogP contribution in [-0.4, -0.2) is 23.3 Å². The van der Waals surface area contributed by atoms with Crippen LogP contribution < -0.4 is 9.47 Å². The van der Waals surface area contributed by atoms with E-state index in [2.05, 4.69) is 46.7 Å². The van der Waals surface area contributed by atoms with E-state index in [1.807, 2.05) is 36.4 Å². The number of rotatable bonds is 3. The van der Waals surface area contributed by atoms with Gasteiger partial charge in [0, 0.05) is 21.0 Å². The van der Waals surface area contributed by atoms with Crippen molar-refractivity contribution < 1.29 is 9.47 Å². The number of hydrogen-bond acceptors (Lipinski definition) is 5. The Labute approximate surface area is 236 Å². The fraction of sp³-hybridized carbons (Fsp3) is 0.194. The number of fused-ring (bicyclic) bond motifs is 2. The van der Waals surface area contributed by atoms with Crippen LogP contribution in [0.1, 0.15) is 42.0 Å². The molecule has 0 saturated carbocycles. The lowest BCUT2D eigenvalue weighted by molar-refractivity contribution is 0.171. The lowest BCUT2D eigenvalue weighted by Crippen LogP contribution is -2.35. The number of benzene rings is 3. The maximum absolute atomic E-state index is 6.87. The molecule has 0 unspecified atom stereocenters. The first-order valence-corrected chi connectivity index (χ1v) is 14.4. The molecule has 0 N–H and O–H groups in total. The number of amidine groups is 1. The summed E-state index contributed by atoms with van der Waals surface area (Å²) in [6.45, 7) is 1.13. The predicted molar refractivity (Wildman–Crippen MR) is 157 cm³/mol. The van der Waals surface area contributed by atoms with Crippen LogP contribution >= 0.6 is 35.0 Å². The summed E-state index contributed by atoms with van der Waals surface area (Å²) in [5.41, 5.74) is 7.83. The van der Waals surface area contributed by atoms with Gasteiger partial charge >= 0.3 is 0 Å². The van der Waals surface area contributed by atoms with Gasteiger partial charge in [-0.3, -0.25) is 0 Å². The second-order valence-electron chi connectivity index (χ2n) is 9.59. The second kappa shape index (κ2) is 9.88. The first kappa shape index (κ1) is 24.0. The van der Waals surface area contributed by atoms with Crippen LogP contribution in [0.2, 0.25) is 10.0 Å². The monoisotopic (exact) mass is 558 g/mol. The molecule has 0 fully saturated rings. The summed E-state index contributed by atoms with van der Waals surface area (Å²) in [7, 11) is 0. The van der Waals surface area contributed by atoms with Gasteiger partial charge in [-0.05, 0) is 77.9 Å². The lowest BCUT2D eigenvalue weighted by atomic mass is 9.82. The molecule has 4 aliphatic rings. The van der Waals surface area contributed by atoms with Crippen molar-refractivity contribution in [2.24, 2.45) is 4.99 Å². The van der Waals surface area contributed by atoms with Gasteiger partial charge in [0.15, 0.2) is 16.7 Å². The van der Waals surface area contributed by atoms with Crippen molar-refractivity contribution in [1.29, 1.82) is 0 Å². The third kappa shape index (κ3) is 4.14. The number of allylic oxidation sites excluding steroid dienone is 1. The molecule has 38 heavy (non-hydrogen) atoms. The van der Waals surface area contributed by atoms with Crippen molar-refractivity contribution in [2.45, 2.75) is 25.3 Å². The topological polar surface area (TPSA) is 34.1 Å². The molecule has 7 heteroatoms. The van der Waals surface area contributed by atoms with Crippen LogP contribution in [-0.2, 0) is 0 Å². The molecule has 3 aromatic carbocycles. The van der Waals surface area contributed by atoms with Gasteiger partial charge in [0.05, 0.1) is 17.4 Å². The Morgan fingerprint density at radius 2 is 1.68 bits per heavy atom. The van der Waals surface area contributed by atoms with E-state index in [-0.39, 0.29) is 6.04 Å². The number of halogens is 2. The smallest absolute Gasteiger partial charge is 0.174 e. The van der Waals surface area contributed by atoms with Gasteiger partial charge in [0.1, 0.15) is 13.2 Å². The van der Waals surface area contributed by atoms with Crippen LogP contribution in [0.3, 0.4) is 0 Å². The Hall–Kier alpha value is -3.12. The number of aliphatic imine (C=N–C) groups is 1. The SMILES string of the molecule is Clc1ccccc1/C=C1\CCCC2=C1N=C1SC=C(c3ccc4c(c3)OCCO4)N1[C@@H]2c1ccccc1Cl. The van der Waals surface area contributed by atoms with Gasteiger partial charge in [-0.1, -0.05) is 71.4 Å². The third-order valence-electron chi connectivity index (χ3n) is 7.31. The van der Waals surface area contributed by atoms with Crippen LogP contribution in [0.5, 0.6) is 11.5 Å². The molecule has 3 heterocycles. The van der Waals surface area contributed by atoms with Gasteiger partial charge < -0.3 is 14.4 Å². The van der Waals surface area contributed by atoms with E-state index in [1.165, 1.54) is 11.1 Å². The average molecular weight is 560 g/mol. The zero-order chi connectivity index (χ0) is 25.6. The highest BCUT2D eigenvalue weighted by Crippen LogP contribution is 2.52. The van der Waals surface area contributed by atoms with E-state index in [9.17, 15) is 0 Å². The Balaban J connectivity index is 1.37. The van der Waals surface area contributed by atoms with E-state index in [0.29, 0.717) is 13.2 Å². The van der Waals surface area contributed by atoms with Crippen LogP contribution in [0.25, 0.3) is 11.8 Å². The molecule has 0 spiro atoms. The van der Waals surface area contributed by atoms with Crippen LogP contribution in [0, 0.1) is 0 Å². The highest BCUT2D eigenvalue weighted by atomic mass is 35.5. The van der Waals surface area contributed by atoms with E-state index in [1.54, 1.807) is 11.8 Å². The zero-order valence-corrected chi connectivity index (χ0v) is 22.8. The minimum atomic E-state index is -0.0596. The standard InChI is InChI=1S/C31H24Cl2N2O2S/c32-24-10-3-1-6-19(24)16-21-7-5-9-23-29(21)34-31-35(30(23)22-8-2-4-11-25(22)33)26(18-38-31)20-12-13-27-28(17-20)37-15-14-36-27/h1-4,6,8,10-13,16-18,30H,5,7,9,14-15H2/b21-16+/t30-/m1/s1. The Morgan fingerprint density at radius 3 is 2.53 bits per heavy atom. The Morgan fingerprint density at radius 1 is 0.895 bits per heavy atom. The van der Waals surface area contributed by atoms with Gasteiger partial charge in [-0.15, -0.1) is 0 Å². The highest BCUT2D eigenvalue weighted by Gasteiger charge is 2.41. The van der Waals surface area contributed by atoms with E-state index in [4.69, 9.17) is 37.7 Å². The number of hydrogen-bond donors (Lipinski definition) is 0.